The Kier molecular flexibility index (Phi) is 5.59. The number of rotatable bonds is 4. The largest absolute Gasteiger partial charge is 0.496 e. The van der Waals surface area contributed by atoms with Crippen LogP contribution in [0.15, 0.2) is 42.5 Å². The van der Waals surface area contributed by atoms with Gasteiger partial charge in [0.05, 0.1) is 13.5 Å². The molecule has 126 valence electrons. The third-order valence-corrected chi connectivity index (χ3v) is 5.78. The van der Waals surface area contributed by atoms with E-state index in [-0.39, 0.29) is 11.3 Å². The van der Waals surface area contributed by atoms with Gasteiger partial charge in [-0.3, -0.25) is 4.79 Å². The Bertz CT molecular complexity index is 754. The molecule has 0 bridgehead atoms. The summed E-state index contributed by atoms with van der Waals surface area (Å²) < 4.78 is 5.34. The monoisotopic (exact) mass is 381 g/mol. The molecule has 1 atom stereocenters. The molecular weight excluding hydrogens is 365 g/mol. The van der Waals surface area contributed by atoms with Gasteiger partial charge in [0.2, 0.25) is 5.91 Å². The summed E-state index contributed by atoms with van der Waals surface area (Å²) in [5.74, 6) is 1.70. The van der Waals surface area contributed by atoms with E-state index in [1.165, 1.54) is 0 Å². The van der Waals surface area contributed by atoms with Crippen molar-refractivity contribution < 1.29 is 9.53 Å². The minimum absolute atomic E-state index is 0.0699. The predicted molar refractivity (Wildman–Crippen MR) is 100 cm³/mol. The SMILES string of the molecule is COc1ccccc1CC(=O)N1CCSC1c1ccc(Cl)cc1Cl. The van der Waals surface area contributed by atoms with E-state index in [4.69, 9.17) is 27.9 Å². The van der Waals surface area contributed by atoms with Gasteiger partial charge in [-0.05, 0) is 18.2 Å². The zero-order valence-electron chi connectivity index (χ0n) is 13.2. The molecule has 0 spiro atoms. The van der Waals surface area contributed by atoms with Gasteiger partial charge in [0.25, 0.3) is 0 Å². The van der Waals surface area contributed by atoms with Crippen molar-refractivity contribution in [2.45, 2.75) is 11.8 Å². The number of hydrogen-bond acceptors (Lipinski definition) is 3. The smallest absolute Gasteiger partial charge is 0.228 e. The van der Waals surface area contributed by atoms with Crippen LogP contribution in [0, 0.1) is 0 Å². The van der Waals surface area contributed by atoms with Crippen LogP contribution in [-0.2, 0) is 11.2 Å². The van der Waals surface area contributed by atoms with Gasteiger partial charge in [0, 0.05) is 33.5 Å². The van der Waals surface area contributed by atoms with Crippen LogP contribution in [0.2, 0.25) is 10.0 Å². The summed E-state index contributed by atoms with van der Waals surface area (Å²) in [5.41, 5.74) is 1.82. The van der Waals surface area contributed by atoms with Crippen LogP contribution >= 0.6 is 35.0 Å². The summed E-state index contributed by atoms with van der Waals surface area (Å²) >= 11 is 14.0. The number of ether oxygens (including phenoxy) is 1. The molecule has 0 aliphatic carbocycles. The van der Waals surface area contributed by atoms with E-state index in [0.29, 0.717) is 23.0 Å². The molecule has 1 aliphatic rings. The average molecular weight is 382 g/mol. The fourth-order valence-corrected chi connectivity index (χ4v) is 4.69. The molecule has 1 amide bonds. The quantitative estimate of drug-likeness (QED) is 0.760. The van der Waals surface area contributed by atoms with Crippen molar-refractivity contribution in [3.8, 4) is 5.75 Å². The maximum atomic E-state index is 12.8. The fraction of sp³-hybridized carbons (Fsp3) is 0.278. The summed E-state index contributed by atoms with van der Waals surface area (Å²) in [4.78, 5) is 14.7. The average Bonchev–Trinajstić information content (AvgIpc) is 3.05. The number of nitrogens with zero attached hydrogens (tertiary/aromatic N) is 1. The van der Waals surface area contributed by atoms with E-state index in [9.17, 15) is 4.79 Å². The van der Waals surface area contributed by atoms with Gasteiger partial charge in [0.1, 0.15) is 11.1 Å². The Balaban J connectivity index is 1.81. The number of thioether (sulfide) groups is 1. The molecule has 3 rings (SSSR count). The van der Waals surface area contributed by atoms with Gasteiger partial charge in [-0.15, -0.1) is 11.8 Å². The number of carbonyl (C=O) groups excluding carboxylic acids is 1. The molecular formula is C18H17Cl2NO2S. The molecule has 2 aromatic carbocycles. The number of benzene rings is 2. The maximum Gasteiger partial charge on any atom is 0.228 e. The topological polar surface area (TPSA) is 29.5 Å². The van der Waals surface area contributed by atoms with Crippen molar-refractivity contribution in [2.24, 2.45) is 0 Å². The summed E-state index contributed by atoms with van der Waals surface area (Å²) in [6.45, 7) is 0.711. The molecule has 1 unspecified atom stereocenters. The van der Waals surface area contributed by atoms with E-state index in [0.717, 1.165) is 22.6 Å². The Hall–Kier alpha value is -1.36. The molecule has 24 heavy (non-hydrogen) atoms. The fourth-order valence-electron chi connectivity index (χ4n) is 2.80. The third-order valence-electron chi connectivity index (χ3n) is 3.97. The molecule has 1 aliphatic heterocycles. The first-order valence-electron chi connectivity index (χ1n) is 7.58. The lowest BCUT2D eigenvalue weighted by atomic mass is 10.1. The van der Waals surface area contributed by atoms with E-state index in [1.807, 2.05) is 41.3 Å². The van der Waals surface area contributed by atoms with Crippen molar-refractivity contribution in [1.82, 2.24) is 4.90 Å². The summed E-state index contributed by atoms with van der Waals surface area (Å²) in [7, 11) is 1.62. The first kappa shape index (κ1) is 17.5. The van der Waals surface area contributed by atoms with E-state index in [2.05, 4.69) is 0 Å². The molecule has 0 radical (unpaired) electrons. The van der Waals surface area contributed by atoms with Gasteiger partial charge >= 0.3 is 0 Å². The molecule has 0 aromatic heterocycles. The first-order chi connectivity index (χ1) is 11.6. The number of para-hydroxylation sites is 1. The van der Waals surface area contributed by atoms with Crippen molar-refractivity contribution >= 4 is 40.9 Å². The highest BCUT2D eigenvalue weighted by molar-refractivity contribution is 7.99. The summed E-state index contributed by atoms with van der Waals surface area (Å²) in [6.07, 6.45) is 0.312. The Labute approximate surface area is 155 Å². The minimum atomic E-state index is -0.0722. The number of halogens is 2. The van der Waals surface area contributed by atoms with Crippen LogP contribution in [0.4, 0.5) is 0 Å². The lowest BCUT2D eigenvalue weighted by Gasteiger charge is -2.25. The second kappa shape index (κ2) is 7.68. The summed E-state index contributed by atoms with van der Waals surface area (Å²) in [6, 6.07) is 13.0. The Morgan fingerprint density at radius 1 is 1.29 bits per heavy atom. The van der Waals surface area contributed by atoms with Crippen molar-refractivity contribution in [1.29, 1.82) is 0 Å². The van der Waals surface area contributed by atoms with Crippen molar-refractivity contribution in [2.75, 3.05) is 19.4 Å². The van der Waals surface area contributed by atoms with Crippen LogP contribution < -0.4 is 4.74 Å². The van der Waals surface area contributed by atoms with E-state index in [1.54, 1.807) is 24.9 Å². The van der Waals surface area contributed by atoms with E-state index >= 15 is 0 Å². The van der Waals surface area contributed by atoms with Gasteiger partial charge in [-0.1, -0.05) is 47.5 Å². The Morgan fingerprint density at radius 2 is 2.08 bits per heavy atom. The van der Waals surface area contributed by atoms with Crippen LogP contribution in [0.3, 0.4) is 0 Å². The lowest BCUT2D eigenvalue weighted by Crippen LogP contribution is -2.31. The van der Waals surface area contributed by atoms with Gasteiger partial charge in [-0.2, -0.15) is 0 Å². The van der Waals surface area contributed by atoms with E-state index < -0.39 is 0 Å². The highest BCUT2D eigenvalue weighted by Crippen LogP contribution is 2.41. The van der Waals surface area contributed by atoms with Crippen LogP contribution in [0.25, 0.3) is 0 Å². The Morgan fingerprint density at radius 3 is 2.83 bits per heavy atom. The number of carbonyl (C=O) groups is 1. The van der Waals surface area contributed by atoms with Crippen molar-refractivity contribution in [3.05, 3.63) is 63.6 Å². The number of amides is 1. The highest BCUT2D eigenvalue weighted by Gasteiger charge is 2.32. The standard InChI is InChI=1S/C18H17Cl2NO2S/c1-23-16-5-3-2-4-12(16)10-17(22)21-8-9-24-18(21)14-7-6-13(19)11-15(14)20/h2-7,11,18H,8-10H2,1H3. The van der Waals surface area contributed by atoms with Crippen LogP contribution in [0.5, 0.6) is 5.75 Å². The molecule has 6 heteroatoms. The molecule has 3 nitrogen and oxygen atoms in total. The molecule has 0 saturated carbocycles. The minimum Gasteiger partial charge on any atom is -0.496 e. The van der Waals surface area contributed by atoms with Crippen LogP contribution in [0.1, 0.15) is 16.5 Å². The lowest BCUT2D eigenvalue weighted by molar-refractivity contribution is -0.130. The first-order valence-corrected chi connectivity index (χ1v) is 9.38. The number of hydrogen-bond donors (Lipinski definition) is 0. The maximum absolute atomic E-state index is 12.8. The molecule has 0 N–H and O–H groups in total. The zero-order valence-corrected chi connectivity index (χ0v) is 15.5. The molecule has 1 saturated heterocycles. The molecule has 2 aromatic rings. The number of methoxy groups -OCH3 is 1. The zero-order chi connectivity index (χ0) is 17.1. The highest BCUT2D eigenvalue weighted by atomic mass is 35.5. The van der Waals surface area contributed by atoms with Crippen molar-refractivity contribution in [3.63, 3.8) is 0 Å². The van der Waals surface area contributed by atoms with Gasteiger partial charge < -0.3 is 9.64 Å². The van der Waals surface area contributed by atoms with Gasteiger partial charge in [0.15, 0.2) is 0 Å². The second-order valence-electron chi connectivity index (χ2n) is 5.46. The van der Waals surface area contributed by atoms with Gasteiger partial charge in [-0.25, -0.2) is 0 Å². The normalized spacial score (nSPS) is 17.1. The van der Waals surface area contributed by atoms with Crippen LogP contribution in [-0.4, -0.2) is 30.2 Å². The molecule has 1 fully saturated rings. The predicted octanol–water partition coefficient (Wildman–Crippen LogP) is 4.82. The second-order valence-corrected chi connectivity index (χ2v) is 7.50. The summed E-state index contributed by atoms with van der Waals surface area (Å²) in [5, 5.41) is 1.12. The third kappa shape index (κ3) is 3.66. The molecule has 1 heterocycles.